The van der Waals surface area contributed by atoms with E-state index >= 15 is 0 Å². The molecule has 142 valence electrons. The molecule has 1 heterocycles. The first kappa shape index (κ1) is 19.5. The Morgan fingerprint density at radius 1 is 1.14 bits per heavy atom. The van der Waals surface area contributed by atoms with Crippen LogP contribution in [0.4, 0.5) is 5.69 Å². The Hall–Kier alpha value is -3.25. The van der Waals surface area contributed by atoms with Crippen LogP contribution in [0.25, 0.3) is 10.6 Å². The third-order valence-corrected chi connectivity index (χ3v) is 4.91. The Kier molecular flexibility index (Phi) is 6.34. The van der Waals surface area contributed by atoms with Crippen LogP contribution in [0.3, 0.4) is 0 Å². The highest BCUT2D eigenvalue weighted by Gasteiger charge is 2.19. The van der Waals surface area contributed by atoms with Crippen molar-refractivity contribution < 1.29 is 14.3 Å². The van der Waals surface area contributed by atoms with E-state index in [2.05, 4.69) is 11.6 Å². The summed E-state index contributed by atoms with van der Waals surface area (Å²) in [7, 11) is 0. The summed E-state index contributed by atoms with van der Waals surface area (Å²) in [5.41, 5.74) is 3.01. The van der Waals surface area contributed by atoms with Crippen molar-refractivity contribution in [3.63, 3.8) is 0 Å². The quantitative estimate of drug-likeness (QED) is 0.439. The minimum atomic E-state index is -0.616. The number of ether oxygens (including phenoxy) is 1. The first-order valence-electron chi connectivity index (χ1n) is 8.74. The van der Waals surface area contributed by atoms with Gasteiger partial charge in [-0.25, -0.2) is 9.78 Å². The van der Waals surface area contributed by atoms with E-state index in [1.807, 2.05) is 61.5 Å². The number of anilines is 1. The van der Waals surface area contributed by atoms with Crippen molar-refractivity contribution in [3.05, 3.63) is 83.9 Å². The number of amides is 1. The molecule has 0 radical (unpaired) electrons. The molecule has 0 aliphatic carbocycles. The number of rotatable bonds is 7. The Bertz CT molecular complexity index is 965. The molecule has 0 spiro atoms. The average Bonchev–Trinajstić information content (AvgIpc) is 3.21. The first-order valence-corrected chi connectivity index (χ1v) is 9.62. The molecule has 2 aromatic carbocycles. The maximum absolute atomic E-state index is 12.5. The molecule has 1 aromatic heterocycles. The summed E-state index contributed by atoms with van der Waals surface area (Å²) in [6, 6.07) is 17.1. The molecular weight excluding hydrogens is 372 g/mol. The number of carbonyl (C=O) groups is 2. The second kappa shape index (κ2) is 9.10. The van der Waals surface area contributed by atoms with Gasteiger partial charge in [0.05, 0.1) is 0 Å². The average molecular weight is 392 g/mol. The summed E-state index contributed by atoms with van der Waals surface area (Å²) in [5, 5.41) is 2.37. The van der Waals surface area contributed by atoms with Crippen molar-refractivity contribution in [2.75, 3.05) is 18.1 Å². The van der Waals surface area contributed by atoms with Gasteiger partial charge >= 0.3 is 5.97 Å². The lowest BCUT2D eigenvalue weighted by Gasteiger charge is -2.20. The third kappa shape index (κ3) is 4.72. The lowest BCUT2D eigenvalue weighted by Crippen LogP contribution is -2.34. The van der Waals surface area contributed by atoms with Crippen molar-refractivity contribution in [1.82, 2.24) is 4.98 Å². The zero-order valence-electron chi connectivity index (χ0n) is 15.5. The SMILES string of the molecule is C=CCN(C(=O)COC(=O)c1csc(-c2ccc(C)cc2)n1)c1ccccc1. The highest BCUT2D eigenvalue weighted by molar-refractivity contribution is 7.13. The maximum atomic E-state index is 12.5. The van der Waals surface area contributed by atoms with Gasteiger partial charge in [0.1, 0.15) is 5.01 Å². The smallest absolute Gasteiger partial charge is 0.358 e. The van der Waals surface area contributed by atoms with E-state index in [-0.39, 0.29) is 18.2 Å². The van der Waals surface area contributed by atoms with Crippen LogP contribution in [0, 0.1) is 6.92 Å². The molecule has 3 aromatic rings. The lowest BCUT2D eigenvalue weighted by molar-refractivity contribution is -0.121. The molecule has 0 fully saturated rings. The molecule has 1 amide bonds. The van der Waals surface area contributed by atoms with Crippen LogP contribution in [-0.4, -0.2) is 30.0 Å². The highest BCUT2D eigenvalue weighted by atomic mass is 32.1. The van der Waals surface area contributed by atoms with Gasteiger partial charge in [-0.2, -0.15) is 0 Å². The summed E-state index contributed by atoms with van der Waals surface area (Å²) in [4.78, 5) is 30.7. The molecule has 0 atom stereocenters. The second-order valence-electron chi connectivity index (χ2n) is 6.11. The summed E-state index contributed by atoms with van der Waals surface area (Å²) >= 11 is 1.36. The molecule has 0 N–H and O–H groups in total. The Labute approximate surface area is 167 Å². The van der Waals surface area contributed by atoms with Crippen LogP contribution >= 0.6 is 11.3 Å². The van der Waals surface area contributed by atoms with E-state index in [0.29, 0.717) is 6.54 Å². The van der Waals surface area contributed by atoms with Crippen LogP contribution in [0.1, 0.15) is 16.1 Å². The van der Waals surface area contributed by atoms with Gasteiger partial charge in [0, 0.05) is 23.2 Å². The van der Waals surface area contributed by atoms with E-state index in [4.69, 9.17) is 4.74 Å². The van der Waals surface area contributed by atoms with Gasteiger partial charge in [-0.3, -0.25) is 4.79 Å². The molecule has 6 heteroatoms. The zero-order valence-corrected chi connectivity index (χ0v) is 16.3. The fourth-order valence-electron chi connectivity index (χ4n) is 2.56. The van der Waals surface area contributed by atoms with E-state index in [0.717, 1.165) is 21.8 Å². The molecule has 0 bridgehead atoms. The number of carbonyl (C=O) groups excluding carboxylic acids is 2. The van der Waals surface area contributed by atoms with Crippen LogP contribution in [-0.2, 0) is 9.53 Å². The number of thiazole rings is 1. The van der Waals surface area contributed by atoms with Gasteiger partial charge in [-0.05, 0) is 19.1 Å². The van der Waals surface area contributed by atoms with Gasteiger partial charge < -0.3 is 9.64 Å². The Morgan fingerprint density at radius 3 is 2.54 bits per heavy atom. The molecule has 28 heavy (non-hydrogen) atoms. The predicted molar refractivity (Wildman–Crippen MR) is 112 cm³/mol. The van der Waals surface area contributed by atoms with Crippen LogP contribution < -0.4 is 4.90 Å². The van der Waals surface area contributed by atoms with Gasteiger partial charge in [-0.1, -0.05) is 54.1 Å². The predicted octanol–water partition coefficient (Wildman–Crippen LogP) is 4.49. The van der Waals surface area contributed by atoms with E-state index in [1.165, 1.54) is 16.2 Å². The van der Waals surface area contributed by atoms with E-state index < -0.39 is 5.97 Å². The van der Waals surface area contributed by atoms with Crippen LogP contribution in [0.5, 0.6) is 0 Å². The molecule has 0 saturated carbocycles. The summed E-state index contributed by atoms with van der Waals surface area (Å²) in [6.07, 6.45) is 1.63. The van der Waals surface area contributed by atoms with Gasteiger partial charge in [-0.15, -0.1) is 17.9 Å². The minimum Gasteiger partial charge on any atom is -0.451 e. The standard InChI is InChI=1S/C22H20N2O3S/c1-3-13-24(18-7-5-4-6-8-18)20(25)14-27-22(26)19-15-28-21(23-19)17-11-9-16(2)10-12-17/h3-12,15H,1,13-14H2,2H3. The van der Waals surface area contributed by atoms with Crippen molar-refractivity contribution in [3.8, 4) is 10.6 Å². The van der Waals surface area contributed by atoms with Gasteiger partial charge in [0.2, 0.25) is 0 Å². The number of esters is 1. The van der Waals surface area contributed by atoms with Gasteiger partial charge in [0.25, 0.3) is 5.91 Å². The molecule has 5 nitrogen and oxygen atoms in total. The summed E-state index contributed by atoms with van der Waals surface area (Å²) in [5.74, 6) is -0.942. The zero-order chi connectivity index (χ0) is 19.9. The summed E-state index contributed by atoms with van der Waals surface area (Å²) < 4.78 is 5.19. The Balaban J connectivity index is 1.64. The third-order valence-electron chi connectivity index (χ3n) is 4.02. The lowest BCUT2D eigenvalue weighted by atomic mass is 10.2. The summed E-state index contributed by atoms with van der Waals surface area (Å²) in [6.45, 7) is 5.65. The van der Waals surface area contributed by atoms with E-state index in [9.17, 15) is 9.59 Å². The highest BCUT2D eigenvalue weighted by Crippen LogP contribution is 2.24. The van der Waals surface area contributed by atoms with Gasteiger partial charge in [0.15, 0.2) is 12.3 Å². The van der Waals surface area contributed by atoms with Crippen molar-refractivity contribution >= 4 is 28.9 Å². The number of para-hydroxylation sites is 1. The molecule has 0 unspecified atom stereocenters. The van der Waals surface area contributed by atoms with Crippen molar-refractivity contribution in [1.29, 1.82) is 0 Å². The maximum Gasteiger partial charge on any atom is 0.358 e. The number of hydrogen-bond acceptors (Lipinski definition) is 5. The Morgan fingerprint density at radius 2 is 1.86 bits per heavy atom. The van der Waals surface area contributed by atoms with Crippen molar-refractivity contribution in [2.24, 2.45) is 0 Å². The number of aryl methyl sites for hydroxylation is 1. The topological polar surface area (TPSA) is 59.5 Å². The molecule has 0 aliphatic rings. The second-order valence-corrected chi connectivity index (χ2v) is 6.97. The largest absolute Gasteiger partial charge is 0.451 e. The molecule has 0 aliphatic heterocycles. The monoisotopic (exact) mass is 392 g/mol. The number of aromatic nitrogens is 1. The fourth-order valence-corrected chi connectivity index (χ4v) is 3.36. The van der Waals surface area contributed by atoms with Crippen molar-refractivity contribution in [2.45, 2.75) is 6.92 Å². The first-order chi connectivity index (χ1) is 13.6. The van der Waals surface area contributed by atoms with E-state index in [1.54, 1.807) is 11.5 Å². The molecule has 3 rings (SSSR count). The van der Waals surface area contributed by atoms with Crippen LogP contribution in [0.2, 0.25) is 0 Å². The number of nitrogens with zero attached hydrogens (tertiary/aromatic N) is 2. The molecular formula is C22H20N2O3S. The molecule has 0 saturated heterocycles. The number of hydrogen-bond donors (Lipinski definition) is 0. The normalized spacial score (nSPS) is 10.3. The minimum absolute atomic E-state index is 0.198. The number of benzene rings is 2. The fraction of sp³-hybridized carbons (Fsp3) is 0.136. The van der Waals surface area contributed by atoms with Crippen LogP contribution in [0.15, 0.2) is 72.6 Å².